The summed E-state index contributed by atoms with van der Waals surface area (Å²) >= 11 is 0. The third-order valence-corrected chi connectivity index (χ3v) is 4.29. The van der Waals surface area contributed by atoms with Crippen LogP contribution in [0.2, 0.25) is 0 Å². The van der Waals surface area contributed by atoms with Gasteiger partial charge in [0.25, 0.3) is 0 Å². The summed E-state index contributed by atoms with van der Waals surface area (Å²) in [5.74, 6) is 2.34. The molecule has 1 saturated carbocycles. The molecule has 0 aliphatic heterocycles. The molecule has 0 radical (unpaired) electrons. The number of hydrogen-bond acceptors (Lipinski definition) is 3. The zero-order chi connectivity index (χ0) is 13.8. The van der Waals surface area contributed by atoms with E-state index in [1.54, 1.807) is 13.2 Å². The van der Waals surface area contributed by atoms with Gasteiger partial charge in [0.05, 0.1) is 24.4 Å². The van der Waals surface area contributed by atoms with Crippen LogP contribution in [0.3, 0.4) is 0 Å². The van der Waals surface area contributed by atoms with Crippen LogP contribution in [0.15, 0.2) is 18.2 Å². The Bertz CT molecular complexity index is 478. The van der Waals surface area contributed by atoms with Crippen LogP contribution in [0.4, 0.5) is 5.69 Å². The van der Waals surface area contributed by atoms with E-state index in [4.69, 9.17) is 10.00 Å². The second-order valence-corrected chi connectivity index (χ2v) is 5.64. The molecule has 3 unspecified atom stereocenters. The lowest BCUT2D eigenvalue weighted by molar-refractivity contribution is 0.260. The van der Waals surface area contributed by atoms with E-state index in [1.807, 2.05) is 12.1 Å². The Morgan fingerprint density at radius 3 is 2.68 bits per heavy atom. The number of nitriles is 1. The van der Waals surface area contributed by atoms with E-state index in [0.29, 0.717) is 11.6 Å². The van der Waals surface area contributed by atoms with Gasteiger partial charge in [0.15, 0.2) is 0 Å². The molecule has 0 saturated heterocycles. The van der Waals surface area contributed by atoms with Crippen molar-refractivity contribution in [2.75, 3.05) is 12.4 Å². The summed E-state index contributed by atoms with van der Waals surface area (Å²) in [6, 6.07) is 8.21. The number of hydrogen-bond donors (Lipinski definition) is 1. The molecular formula is C16H22N2O. The van der Waals surface area contributed by atoms with E-state index in [0.717, 1.165) is 23.3 Å². The first kappa shape index (κ1) is 13.7. The van der Waals surface area contributed by atoms with E-state index >= 15 is 0 Å². The summed E-state index contributed by atoms with van der Waals surface area (Å²) in [4.78, 5) is 0. The Kier molecular flexibility index (Phi) is 4.31. The molecule has 102 valence electrons. The van der Waals surface area contributed by atoms with Gasteiger partial charge in [-0.25, -0.2) is 0 Å². The van der Waals surface area contributed by atoms with Crippen molar-refractivity contribution in [3.05, 3.63) is 23.8 Å². The number of methoxy groups -OCH3 is 1. The molecule has 2 rings (SSSR count). The third kappa shape index (κ3) is 3.20. The highest BCUT2D eigenvalue weighted by atomic mass is 16.5. The molecular weight excluding hydrogens is 236 g/mol. The van der Waals surface area contributed by atoms with Gasteiger partial charge in [0, 0.05) is 12.1 Å². The molecule has 3 nitrogen and oxygen atoms in total. The maximum absolute atomic E-state index is 8.91. The second-order valence-electron chi connectivity index (χ2n) is 5.64. The summed E-state index contributed by atoms with van der Waals surface area (Å²) in [5, 5.41) is 12.5. The Hall–Kier alpha value is -1.69. The Morgan fingerprint density at radius 1 is 1.26 bits per heavy atom. The SMILES string of the molecule is COc1cc(C#N)ccc1NC1CCC(C)C(C)C1. The zero-order valence-electron chi connectivity index (χ0n) is 11.9. The van der Waals surface area contributed by atoms with Gasteiger partial charge >= 0.3 is 0 Å². The molecule has 1 aromatic carbocycles. The average molecular weight is 258 g/mol. The van der Waals surface area contributed by atoms with Gasteiger partial charge in [-0.15, -0.1) is 0 Å². The minimum absolute atomic E-state index is 0.507. The molecule has 19 heavy (non-hydrogen) atoms. The predicted octanol–water partition coefficient (Wildman–Crippen LogP) is 3.80. The lowest BCUT2D eigenvalue weighted by Crippen LogP contribution is -2.30. The highest BCUT2D eigenvalue weighted by Gasteiger charge is 2.24. The smallest absolute Gasteiger partial charge is 0.143 e. The number of benzene rings is 1. The van der Waals surface area contributed by atoms with E-state index in [2.05, 4.69) is 25.2 Å². The van der Waals surface area contributed by atoms with Crippen molar-refractivity contribution in [3.8, 4) is 11.8 Å². The standard InChI is InChI=1S/C16H22N2O/c1-11-4-6-14(8-12(11)2)18-15-7-5-13(10-17)9-16(15)19-3/h5,7,9,11-12,14,18H,4,6,8H2,1-3H3. The van der Waals surface area contributed by atoms with Gasteiger partial charge in [0.2, 0.25) is 0 Å². The first-order chi connectivity index (χ1) is 9.13. The molecule has 1 aromatic rings. The summed E-state index contributed by atoms with van der Waals surface area (Å²) < 4.78 is 5.36. The highest BCUT2D eigenvalue weighted by Crippen LogP contribution is 2.33. The van der Waals surface area contributed by atoms with E-state index in [1.165, 1.54) is 19.3 Å². The number of nitrogens with one attached hydrogen (secondary N) is 1. The number of anilines is 1. The fraction of sp³-hybridized carbons (Fsp3) is 0.562. The van der Waals surface area contributed by atoms with Crippen LogP contribution in [0.1, 0.15) is 38.7 Å². The van der Waals surface area contributed by atoms with Crippen molar-refractivity contribution < 1.29 is 4.74 Å². The van der Waals surface area contributed by atoms with E-state index in [9.17, 15) is 0 Å². The summed E-state index contributed by atoms with van der Waals surface area (Å²) in [5.41, 5.74) is 1.63. The molecule has 3 atom stereocenters. The molecule has 0 heterocycles. The van der Waals surface area contributed by atoms with Crippen LogP contribution in [0, 0.1) is 23.2 Å². The molecule has 3 heteroatoms. The molecule has 1 aliphatic carbocycles. The normalized spacial score (nSPS) is 26.5. The van der Waals surface area contributed by atoms with Crippen molar-refractivity contribution in [2.24, 2.45) is 11.8 Å². The quantitative estimate of drug-likeness (QED) is 0.896. The summed E-state index contributed by atoms with van der Waals surface area (Å²) in [6.07, 6.45) is 3.68. The minimum Gasteiger partial charge on any atom is -0.495 e. The molecule has 1 N–H and O–H groups in total. The monoisotopic (exact) mass is 258 g/mol. The topological polar surface area (TPSA) is 45.0 Å². The first-order valence-corrected chi connectivity index (χ1v) is 6.98. The van der Waals surface area contributed by atoms with Crippen LogP contribution in [0.5, 0.6) is 5.75 Å². The predicted molar refractivity (Wildman–Crippen MR) is 77.3 cm³/mol. The van der Waals surface area contributed by atoms with Crippen molar-refractivity contribution in [2.45, 2.75) is 39.2 Å². The summed E-state index contributed by atoms with van der Waals surface area (Å²) in [6.45, 7) is 4.66. The lowest BCUT2D eigenvalue weighted by atomic mass is 9.79. The molecule has 0 bridgehead atoms. The molecule has 0 spiro atoms. The zero-order valence-corrected chi connectivity index (χ0v) is 11.9. The fourth-order valence-electron chi connectivity index (χ4n) is 2.78. The van der Waals surface area contributed by atoms with Crippen LogP contribution in [-0.4, -0.2) is 13.2 Å². The maximum atomic E-state index is 8.91. The molecule has 0 aromatic heterocycles. The number of nitrogens with zero attached hydrogens (tertiary/aromatic N) is 1. The Labute approximate surface area is 115 Å². The van der Waals surface area contributed by atoms with Crippen molar-refractivity contribution in [3.63, 3.8) is 0 Å². The van der Waals surface area contributed by atoms with Crippen LogP contribution in [-0.2, 0) is 0 Å². The maximum Gasteiger partial charge on any atom is 0.143 e. The van der Waals surface area contributed by atoms with E-state index < -0.39 is 0 Å². The van der Waals surface area contributed by atoms with Gasteiger partial charge in [0.1, 0.15) is 5.75 Å². The van der Waals surface area contributed by atoms with Gasteiger partial charge in [-0.05, 0) is 43.2 Å². The Balaban J connectivity index is 2.09. The summed E-state index contributed by atoms with van der Waals surface area (Å²) in [7, 11) is 1.65. The third-order valence-electron chi connectivity index (χ3n) is 4.29. The molecule has 1 aliphatic rings. The fourth-order valence-corrected chi connectivity index (χ4v) is 2.78. The van der Waals surface area contributed by atoms with Crippen molar-refractivity contribution in [1.82, 2.24) is 0 Å². The highest BCUT2D eigenvalue weighted by molar-refractivity contribution is 5.60. The minimum atomic E-state index is 0.507. The van der Waals surface area contributed by atoms with Crippen molar-refractivity contribution in [1.29, 1.82) is 5.26 Å². The average Bonchev–Trinajstić information content (AvgIpc) is 2.43. The van der Waals surface area contributed by atoms with Crippen LogP contribution in [0.25, 0.3) is 0 Å². The Morgan fingerprint density at radius 2 is 2.05 bits per heavy atom. The number of ether oxygens (including phenoxy) is 1. The van der Waals surface area contributed by atoms with Gasteiger partial charge in [-0.2, -0.15) is 5.26 Å². The largest absolute Gasteiger partial charge is 0.495 e. The van der Waals surface area contributed by atoms with Gasteiger partial charge in [-0.1, -0.05) is 13.8 Å². The van der Waals surface area contributed by atoms with Crippen molar-refractivity contribution >= 4 is 5.69 Å². The van der Waals surface area contributed by atoms with E-state index in [-0.39, 0.29) is 0 Å². The lowest BCUT2D eigenvalue weighted by Gasteiger charge is -2.33. The molecule has 0 amide bonds. The van der Waals surface area contributed by atoms with Gasteiger partial charge in [-0.3, -0.25) is 0 Å². The second kappa shape index (κ2) is 5.97. The molecule has 1 fully saturated rings. The number of rotatable bonds is 3. The first-order valence-electron chi connectivity index (χ1n) is 6.98. The van der Waals surface area contributed by atoms with Gasteiger partial charge < -0.3 is 10.1 Å². The van der Waals surface area contributed by atoms with Crippen LogP contribution < -0.4 is 10.1 Å². The van der Waals surface area contributed by atoms with Crippen LogP contribution >= 0.6 is 0 Å².